The van der Waals surface area contributed by atoms with Crippen LogP contribution in [0.15, 0.2) is 34.7 Å². The molecule has 0 spiro atoms. The predicted octanol–water partition coefficient (Wildman–Crippen LogP) is 0.885. The number of nitrogens with zero attached hydrogens (tertiary/aromatic N) is 1. The maximum Gasteiger partial charge on any atom is 0.252 e. The minimum Gasteiger partial charge on any atom is -0.370 e. The molecule has 1 heterocycles. The average molecular weight is 368 g/mol. The highest BCUT2D eigenvalue weighted by Crippen LogP contribution is 2.22. The van der Waals surface area contributed by atoms with Gasteiger partial charge in [0.15, 0.2) is 15.3 Å². The van der Waals surface area contributed by atoms with Crippen molar-refractivity contribution in [2.75, 3.05) is 10.6 Å². The molecule has 0 atom stereocenters. The van der Waals surface area contributed by atoms with Crippen molar-refractivity contribution < 1.29 is 13.2 Å². The number of anilines is 2. The molecule has 0 fully saturated rings. The number of nitrogens with two attached hydrogens (primary N) is 1. The molecular formula is C13H16N6O3S2. The van der Waals surface area contributed by atoms with Crippen LogP contribution in [0.3, 0.4) is 0 Å². The average Bonchev–Trinajstić information content (AvgIpc) is 2.94. The summed E-state index contributed by atoms with van der Waals surface area (Å²) in [5.74, 6) is -0.496. The van der Waals surface area contributed by atoms with Crippen LogP contribution < -0.4 is 21.1 Å². The lowest BCUT2D eigenvalue weighted by Gasteiger charge is -2.07. The number of thiazole rings is 1. The van der Waals surface area contributed by atoms with Crippen molar-refractivity contribution in [2.24, 2.45) is 5.73 Å². The molecule has 0 aliphatic rings. The molecule has 0 saturated heterocycles. The van der Waals surface area contributed by atoms with Crippen LogP contribution in [0.1, 0.15) is 12.5 Å². The van der Waals surface area contributed by atoms with E-state index in [9.17, 15) is 13.2 Å². The van der Waals surface area contributed by atoms with Crippen molar-refractivity contribution >= 4 is 44.0 Å². The highest BCUT2D eigenvalue weighted by molar-refractivity contribution is 7.91. The van der Waals surface area contributed by atoms with E-state index in [1.165, 1.54) is 13.1 Å². The highest BCUT2D eigenvalue weighted by atomic mass is 32.2. The topological polar surface area (TPSA) is 150 Å². The molecule has 2 aromatic rings. The Hall–Kier alpha value is -2.50. The summed E-state index contributed by atoms with van der Waals surface area (Å²) in [5, 5.41) is 12.4. The highest BCUT2D eigenvalue weighted by Gasteiger charge is 2.18. The number of carbonyl (C=O) groups is 1. The van der Waals surface area contributed by atoms with Gasteiger partial charge in [0.25, 0.3) is 10.0 Å². The van der Waals surface area contributed by atoms with Gasteiger partial charge in [-0.3, -0.25) is 10.2 Å². The molecule has 0 unspecified atom stereocenters. The van der Waals surface area contributed by atoms with Crippen LogP contribution in [0.4, 0.5) is 10.8 Å². The van der Waals surface area contributed by atoms with Gasteiger partial charge in [-0.2, -0.15) is 0 Å². The minimum atomic E-state index is -3.72. The normalized spacial score (nSPS) is 11.0. The Morgan fingerprint density at radius 1 is 1.29 bits per heavy atom. The first-order valence-corrected chi connectivity index (χ1v) is 8.99. The molecule has 2 rings (SSSR count). The first-order valence-electron chi connectivity index (χ1n) is 6.69. The molecule has 0 bridgehead atoms. The Kier molecular flexibility index (Phi) is 5.49. The number of amides is 1. The molecule has 9 nitrogen and oxygen atoms in total. The third kappa shape index (κ3) is 5.01. The fraction of sp³-hybridized carbons (Fsp3) is 0.154. The SMILES string of the molecule is CC(=O)Nc1ncc(S(=O)(=O)NCc2ccc(NC(=N)N)cc2)s1. The summed E-state index contributed by atoms with van der Waals surface area (Å²) in [7, 11) is -3.72. The number of benzene rings is 1. The van der Waals surface area contributed by atoms with Crippen molar-refractivity contribution in [2.45, 2.75) is 17.7 Å². The maximum atomic E-state index is 12.2. The van der Waals surface area contributed by atoms with E-state index in [1.54, 1.807) is 24.3 Å². The van der Waals surface area contributed by atoms with Gasteiger partial charge in [-0.1, -0.05) is 23.5 Å². The first-order chi connectivity index (χ1) is 11.3. The smallest absolute Gasteiger partial charge is 0.252 e. The molecule has 11 heteroatoms. The predicted molar refractivity (Wildman–Crippen MR) is 92.4 cm³/mol. The van der Waals surface area contributed by atoms with E-state index >= 15 is 0 Å². The van der Waals surface area contributed by atoms with Crippen molar-refractivity contribution in [1.29, 1.82) is 5.41 Å². The minimum absolute atomic E-state index is 0.0149. The maximum absolute atomic E-state index is 12.2. The van der Waals surface area contributed by atoms with Crippen LogP contribution >= 0.6 is 11.3 Å². The Morgan fingerprint density at radius 3 is 2.54 bits per heavy atom. The number of guanidine groups is 1. The number of rotatable bonds is 6. The lowest BCUT2D eigenvalue weighted by atomic mass is 10.2. The number of hydrogen-bond acceptors (Lipinski definition) is 6. The first kappa shape index (κ1) is 17.8. The molecule has 128 valence electrons. The van der Waals surface area contributed by atoms with Crippen molar-refractivity contribution in [3.8, 4) is 0 Å². The van der Waals surface area contributed by atoms with E-state index in [0.29, 0.717) is 5.69 Å². The number of sulfonamides is 1. The molecule has 0 aliphatic heterocycles. The van der Waals surface area contributed by atoms with Gasteiger partial charge >= 0.3 is 0 Å². The van der Waals surface area contributed by atoms with E-state index in [2.05, 4.69) is 20.3 Å². The molecule has 0 aliphatic carbocycles. The van der Waals surface area contributed by atoms with E-state index < -0.39 is 10.0 Å². The lowest BCUT2D eigenvalue weighted by molar-refractivity contribution is -0.114. The lowest BCUT2D eigenvalue weighted by Crippen LogP contribution is -2.22. The summed E-state index contributed by atoms with van der Waals surface area (Å²) in [4.78, 5) is 14.8. The van der Waals surface area contributed by atoms with Gasteiger partial charge < -0.3 is 16.4 Å². The summed E-state index contributed by atoms with van der Waals surface area (Å²) < 4.78 is 26.9. The van der Waals surface area contributed by atoms with Crippen molar-refractivity contribution in [3.05, 3.63) is 36.0 Å². The number of hydrogen-bond donors (Lipinski definition) is 5. The van der Waals surface area contributed by atoms with Crippen LogP contribution in [-0.4, -0.2) is 25.3 Å². The Balaban J connectivity index is 2.00. The van der Waals surface area contributed by atoms with Gasteiger partial charge in [0.1, 0.15) is 0 Å². The van der Waals surface area contributed by atoms with Crippen LogP contribution in [0.2, 0.25) is 0 Å². The van der Waals surface area contributed by atoms with E-state index in [1.807, 2.05) is 0 Å². The second kappa shape index (κ2) is 7.38. The van der Waals surface area contributed by atoms with Crippen molar-refractivity contribution in [1.82, 2.24) is 9.71 Å². The Bertz CT molecular complexity index is 845. The fourth-order valence-electron chi connectivity index (χ4n) is 1.70. The standard InChI is InChI=1S/C13H16N6O3S2/c1-8(20)18-13-16-7-11(23-13)24(21,22)17-6-9-2-4-10(5-3-9)19-12(14)15/h2-5,7,17H,6H2,1H3,(H4,14,15,19)(H,16,18,20). The van der Waals surface area contributed by atoms with Gasteiger partial charge in [-0.05, 0) is 17.7 Å². The number of nitrogens with one attached hydrogen (secondary N) is 4. The summed E-state index contributed by atoms with van der Waals surface area (Å²) in [6.07, 6.45) is 1.19. The summed E-state index contributed by atoms with van der Waals surface area (Å²) in [5.41, 5.74) is 6.60. The molecule has 0 radical (unpaired) electrons. The number of aromatic nitrogens is 1. The van der Waals surface area contributed by atoms with Gasteiger partial charge in [0.2, 0.25) is 5.91 Å². The number of carbonyl (C=O) groups excluding carboxylic acids is 1. The third-order valence-electron chi connectivity index (χ3n) is 2.73. The zero-order chi connectivity index (χ0) is 17.7. The van der Waals surface area contributed by atoms with Gasteiger partial charge in [-0.25, -0.2) is 18.1 Å². The second-order valence-electron chi connectivity index (χ2n) is 4.73. The van der Waals surface area contributed by atoms with Gasteiger partial charge in [0, 0.05) is 19.2 Å². The largest absolute Gasteiger partial charge is 0.370 e. The third-order valence-corrected chi connectivity index (χ3v) is 5.51. The van der Waals surface area contributed by atoms with Crippen molar-refractivity contribution in [3.63, 3.8) is 0 Å². The molecule has 1 amide bonds. The monoisotopic (exact) mass is 368 g/mol. The molecular weight excluding hydrogens is 352 g/mol. The molecule has 1 aromatic carbocycles. The van der Waals surface area contributed by atoms with Crippen LogP contribution in [0.25, 0.3) is 0 Å². The summed E-state index contributed by atoms with van der Waals surface area (Å²) in [6, 6.07) is 6.80. The van der Waals surface area contributed by atoms with E-state index in [-0.39, 0.29) is 27.8 Å². The zero-order valence-corrected chi connectivity index (χ0v) is 14.3. The van der Waals surface area contributed by atoms with Crippen LogP contribution in [-0.2, 0) is 21.4 Å². The van der Waals surface area contributed by atoms with E-state index in [0.717, 1.165) is 16.9 Å². The molecule has 24 heavy (non-hydrogen) atoms. The van der Waals surface area contributed by atoms with Crippen LogP contribution in [0.5, 0.6) is 0 Å². The molecule has 1 aromatic heterocycles. The zero-order valence-electron chi connectivity index (χ0n) is 12.7. The quantitative estimate of drug-likeness (QED) is 0.377. The molecule has 0 saturated carbocycles. The molecule has 6 N–H and O–H groups in total. The Morgan fingerprint density at radius 2 is 1.96 bits per heavy atom. The fourth-order valence-corrected chi connectivity index (χ4v) is 3.84. The Labute approximate surface area is 142 Å². The van der Waals surface area contributed by atoms with Gasteiger partial charge in [-0.15, -0.1) is 0 Å². The van der Waals surface area contributed by atoms with Gasteiger partial charge in [0.05, 0.1) is 6.20 Å². The summed E-state index contributed by atoms with van der Waals surface area (Å²) >= 11 is 0.872. The second-order valence-corrected chi connectivity index (χ2v) is 7.75. The summed E-state index contributed by atoms with van der Waals surface area (Å²) in [6.45, 7) is 1.41. The van der Waals surface area contributed by atoms with Crippen LogP contribution in [0, 0.1) is 5.41 Å². The van der Waals surface area contributed by atoms with E-state index in [4.69, 9.17) is 11.1 Å².